The van der Waals surface area contributed by atoms with Crippen LogP contribution in [0.3, 0.4) is 0 Å². The number of aliphatic hydroxyl groups is 1. The van der Waals surface area contributed by atoms with E-state index >= 15 is 0 Å². The van der Waals surface area contributed by atoms with Gasteiger partial charge < -0.3 is 10.0 Å². The second-order valence-electron chi connectivity index (χ2n) is 5.56. The van der Waals surface area contributed by atoms with Gasteiger partial charge in [0.25, 0.3) is 0 Å². The normalized spacial score (nSPS) is 24.0. The molecule has 1 aliphatic rings. The van der Waals surface area contributed by atoms with Gasteiger partial charge in [0, 0.05) is 18.3 Å². The highest BCUT2D eigenvalue weighted by atomic mass is 19.4. The first-order valence-corrected chi connectivity index (χ1v) is 6.92. The number of hydrogen-bond acceptors (Lipinski definition) is 2. The average Bonchev–Trinajstić information content (AvgIpc) is 2.40. The molecule has 0 saturated carbocycles. The largest absolute Gasteiger partial charge is 0.418 e. The molecule has 2 rings (SSSR count). The summed E-state index contributed by atoms with van der Waals surface area (Å²) in [5.41, 5.74) is -0.127. The first-order chi connectivity index (χ1) is 9.34. The highest BCUT2D eigenvalue weighted by Gasteiger charge is 2.37. The third-order valence-corrected chi connectivity index (χ3v) is 4.23. The van der Waals surface area contributed by atoms with E-state index in [1.54, 1.807) is 6.07 Å². The molecule has 0 bridgehead atoms. The monoisotopic (exact) mass is 287 g/mol. The van der Waals surface area contributed by atoms with E-state index in [9.17, 15) is 13.2 Å². The van der Waals surface area contributed by atoms with Gasteiger partial charge in [-0.3, -0.25) is 0 Å². The minimum absolute atomic E-state index is 0.0878. The van der Waals surface area contributed by atoms with Crippen molar-refractivity contribution in [2.75, 3.05) is 11.4 Å². The SMILES string of the molecule is CC1CCCN(c2ccc(CO)cc2C(F)(F)F)C1C. The van der Waals surface area contributed by atoms with Gasteiger partial charge in [-0.1, -0.05) is 13.0 Å². The zero-order chi connectivity index (χ0) is 14.9. The van der Waals surface area contributed by atoms with E-state index in [2.05, 4.69) is 6.92 Å². The molecule has 2 atom stereocenters. The van der Waals surface area contributed by atoms with Gasteiger partial charge in [0.1, 0.15) is 0 Å². The van der Waals surface area contributed by atoms with Crippen LogP contribution in [0.2, 0.25) is 0 Å². The van der Waals surface area contributed by atoms with Gasteiger partial charge in [0.2, 0.25) is 0 Å². The van der Waals surface area contributed by atoms with Crippen molar-refractivity contribution in [2.24, 2.45) is 5.92 Å². The van der Waals surface area contributed by atoms with Crippen LogP contribution in [0.25, 0.3) is 0 Å². The van der Waals surface area contributed by atoms with Crippen LogP contribution in [-0.4, -0.2) is 17.7 Å². The van der Waals surface area contributed by atoms with Gasteiger partial charge in [-0.25, -0.2) is 0 Å². The fraction of sp³-hybridized carbons (Fsp3) is 0.600. The molecule has 0 radical (unpaired) electrons. The van der Waals surface area contributed by atoms with E-state index < -0.39 is 11.7 Å². The molecule has 0 spiro atoms. The lowest BCUT2D eigenvalue weighted by molar-refractivity contribution is -0.137. The molecule has 0 aliphatic carbocycles. The van der Waals surface area contributed by atoms with Crippen molar-refractivity contribution in [1.82, 2.24) is 0 Å². The van der Waals surface area contributed by atoms with E-state index in [4.69, 9.17) is 5.11 Å². The molecular weight excluding hydrogens is 267 g/mol. The second kappa shape index (κ2) is 5.64. The van der Waals surface area contributed by atoms with Gasteiger partial charge in [0.05, 0.1) is 12.2 Å². The predicted octanol–water partition coefficient (Wildman–Crippen LogP) is 3.82. The number of anilines is 1. The summed E-state index contributed by atoms with van der Waals surface area (Å²) in [5.74, 6) is 0.377. The number of halogens is 3. The maximum Gasteiger partial charge on any atom is 0.418 e. The molecule has 1 saturated heterocycles. The molecule has 1 fully saturated rings. The first-order valence-electron chi connectivity index (χ1n) is 6.92. The van der Waals surface area contributed by atoms with Gasteiger partial charge in [0.15, 0.2) is 0 Å². The van der Waals surface area contributed by atoms with E-state index in [0.717, 1.165) is 18.9 Å². The topological polar surface area (TPSA) is 23.5 Å². The second-order valence-corrected chi connectivity index (χ2v) is 5.56. The maximum absolute atomic E-state index is 13.2. The number of piperidine rings is 1. The molecule has 5 heteroatoms. The summed E-state index contributed by atoms with van der Waals surface area (Å²) in [5, 5.41) is 9.04. The Morgan fingerprint density at radius 1 is 1.30 bits per heavy atom. The fourth-order valence-electron chi connectivity index (χ4n) is 2.83. The molecule has 1 aliphatic heterocycles. The molecular formula is C15H20F3NO. The van der Waals surface area contributed by atoms with Crippen molar-refractivity contribution < 1.29 is 18.3 Å². The number of aliphatic hydroxyl groups excluding tert-OH is 1. The Balaban J connectivity index is 2.45. The summed E-state index contributed by atoms with van der Waals surface area (Å²) in [6, 6.07) is 4.20. The quantitative estimate of drug-likeness (QED) is 0.893. The third kappa shape index (κ3) is 2.92. The first kappa shape index (κ1) is 15.2. The Bertz CT molecular complexity index is 473. The molecule has 20 heavy (non-hydrogen) atoms. The molecule has 1 aromatic rings. The van der Waals surface area contributed by atoms with Crippen LogP contribution in [0.4, 0.5) is 18.9 Å². The summed E-state index contributed by atoms with van der Waals surface area (Å²) in [7, 11) is 0. The van der Waals surface area contributed by atoms with Gasteiger partial charge in [-0.15, -0.1) is 0 Å². The number of alkyl halides is 3. The number of benzene rings is 1. The third-order valence-electron chi connectivity index (χ3n) is 4.23. The molecule has 1 heterocycles. The van der Waals surface area contributed by atoms with Crippen LogP contribution in [0.1, 0.15) is 37.8 Å². The molecule has 0 amide bonds. The van der Waals surface area contributed by atoms with Crippen LogP contribution in [0, 0.1) is 5.92 Å². The summed E-state index contributed by atoms with van der Waals surface area (Å²) in [4.78, 5) is 1.85. The molecule has 1 aromatic carbocycles. The van der Waals surface area contributed by atoms with E-state index in [-0.39, 0.29) is 18.3 Å². The maximum atomic E-state index is 13.2. The van der Waals surface area contributed by atoms with Crippen LogP contribution < -0.4 is 4.90 Å². The Morgan fingerprint density at radius 3 is 2.60 bits per heavy atom. The van der Waals surface area contributed by atoms with Crippen LogP contribution in [-0.2, 0) is 12.8 Å². The Kier molecular flexibility index (Phi) is 4.28. The van der Waals surface area contributed by atoms with Gasteiger partial charge in [-0.05, 0) is 43.4 Å². The van der Waals surface area contributed by atoms with Crippen LogP contribution in [0.15, 0.2) is 18.2 Å². The Labute approximate surface area is 117 Å². The van der Waals surface area contributed by atoms with Crippen molar-refractivity contribution in [2.45, 2.75) is 45.5 Å². The standard InChI is InChI=1S/C15H20F3NO/c1-10-4-3-7-19(11(10)2)14-6-5-12(9-20)8-13(14)15(16,17)18/h5-6,8,10-11,20H,3-4,7,9H2,1-2H3. The highest BCUT2D eigenvalue weighted by Crippen LogP contribution is 2.40. The number of nitrogens with zero attached hydrogens (tertiary/aromatic N) is 1. The van der Waals surface area contributed by atoms with Crippen LogP contribution >= 0.6 is 0 Å². The Morgan fingerprint density at radius 2 is 2.00 bits per heavy atom. The molecule has 1 N–H and O–H groups in total. The van der Waals surface area contributed by atoms with Gasteiger partial charge >= 0.3 is 6.18 Å². The average molecular weight is 287 g/mol. The van der Waals surface area contributed by atoms with Crippen molar-refractivity contribution >= 4 is 5.69 Å². The highest BCUT2D eigenvalue weighted by molar-refractivity contribution is 5.57. The predicted molar refractivity (Wildman–Crippen MR) is 72.6 cm³/mol. The number of rotatable bonds is 2. The molecule has 112 valence electrons. The summed E-state index contributed by atoms with van der Waals surface area (Å²) in [6.07, 6.45) is -2.45. The molecule has 0 aromatic heterocycles. The summed E-state index contributed by atoms with van der Waals surface area (Å²) in [6.45, 7) is 4.32. The van der Waals surface area contributed by atoms with Crippen molar-refractivity contribution in [1.29, 1.82) is 0 Å². The van der Waals surface area contributed by atoms with E-state index in [0.29, 0.717) is 18.0 Å². The lowest BCUT2D eigenvalue weighted by atomic mass is 9.91. The van der Waals surface area contributed by atoms with Crippen molar-refractivity contribution in [3.63, 3.8) is 0 Å². The van der Waals surface area contributed by atoms with Crippen molar-refractivity contribution in [3.05, 3.63) is 29.3 Å². The van der Waals surface area contributed by atoms with E-state index in [1.165, 1.54) is 6.07 Å². The summed E-state index contributed by atoms with van der Waals surface area (Å²) >= 11 is 0. The van der Waals surface area contributed by atoms with E-state index in [1.807, 2.05) is 11.8 Å². The van der Waals surface area contributed by atoms with Crippen LogP contribution in [0.5, 0.6) is 0 Å². The minimum Gasteiger partial charge on any atom is -0.392 e. The summed E-state index contributed by atoms with van der Waals surface area (Å²) < 4.78 is 39.7. The number of hydrogen-bond donors (Lipinski definition) is 1. The van der Waals surface area contributed by atoms with Crippen molar-refractivity contribution in [3.8, 4) is 0 Å². The lowest BCUT2D eigenvalue weighted by Crippen LogP contribution is -2.43. The molecule has 2 nitrogen and oxygen atoms in total. The fourth-order valence-corrected chi connectivity index (χ4v) is 2.83. The minimum atomic E-state index is -4.40. The molecule has 2 unspecified atom stereocenters. The smallest absolute Gasteiger partial charge is 0.392 e. The lowest BCUT2D eigenvalue weighted by Gasteiger charge is -2.40. The Hall–Kier alpha value is -1.23. The zero-order valence-electron chi connectivity index (χ0n) is 11.7. The van der Waals surface area contributed by atoms with Gasteiger partial charge in [-0.2, -0.15) is 13.2 Å². The zero-order valence-corrected chi connectivity index (χ0v) is 11.7.